The predicted molar refractivity (Wildman–Crippen MR) is 70.8 cm³/mol. The minimum atomic E-state index is -0.615. The van der Waals surface area contributed by atoms with Gasteiger partial charge in [-0.05, 0) is 19.8 Å². The lowest BCUT2D eigenvalue weighted by atomic mass is 10.1. The van der Waals surface area contributed by atoms with Gasteiger partial charge in [-0.25, -0.2) is 9.97 Å². The van der Waals surface area contributed by atoms with Crippen LogP contribution >= 0.6 is 0 Å². The van der Waals surface area contributed by atoms with Crippen LogP contribution in [0, 0.1) is 6.92 Å². The third-order valence-corrected chi connectivity index (χ3v) is 4.43. The Morgan fingerprint density at radius 1 is 1.29 bits per heavy atom. The molecular formula is C11H18N4OS. The lowest BCUT2D eigenvalue weighted by Crippen LogP contribution is -2.30. The fourth-order valence-corrected chi connectivity index (χ4v) is 3.28. The molecule has 6 heteroatoms. The molecule has 1 aromatic rings. The first-order valence-electron chi connectivity index (χ1n) is 5.81. The summed E-state index contributed by atoms with van der Waals surface area (Å²) in [7, 11) is 1.23. The summed E-state index contributed by atoms with van der Waals surface area (Å²) >= 11 is 0. The van der Waals surface area contributed by atoms with Crippen LogP contribution in [-0.4, -0.2) is 38.8 Å². The van der Waals surface area contributed by atoms with Crippen LogP contribution in [-0.2, 0) is 10.8 Å². The maximum Gasteiger partial charge on any atom is 0.134 e. The topological polar surface area (TPSA) is 66.9 Å². The first kappa shape index (κ1) is 12.3. The maximum absolute atomic E-state index is 11.3. The molecule has 0 aliphatic carbocycles. The van der Waals surface area contributed by atoms with Gasteiger partial charge < -0.3 is 10.6 Å². The van der Waals surface area contributed by atoms with Crippen molar-refractivity contribution < 1.29 is 4.21 Å². The van der Waals surface area contributed by atoms with Gasteiger partial charge in [0.15, 0.2) is 0 Å². The number of hydrogen-bond donors (Lipinski definition) is 2. The van der Waals surface area contributed by atoms with E-state index in [-0.39, 0.29) is 0 Å². The molecule has 0 unspecified atom stereocenters. The highest BCUT2D eigenvalue weighted by atomic mass is 32.2. The van der Waals surface area contributed by atoms with Gasteiger partial charge in [0, 0.05) is 41.0 Å². The molecule has 2 N–H and O–H groups in total. The van der Waals surface area contributed by atoms with Crippen molar-refractivity contribution in [2.45, 2.75) is 25.8 Å². The molecule has 17 heavy (non-hydrogen) atoms. The van der Waals surface area contributed by atoms with Gasteiger partial charge in [-0.3, -0.25) is 4.21 Å². The number of aromatic nitrogens is 2. The highest BCUT2D eigenvalue weighted by molar-refractivity contribution is 7.85. The fourth-order valence-electron chi connectivity index (χ4n) is 1.98. The largest absolute Gasteiger partial charge is 0.373 e. The average molecular weight is 254 g/mol. The van der Waals surface area contributed by atoms with Crippen molar-refractivity contribution in [1.29, 1.82) is 0 Å². The summed E-state index contributed by atoms with van der Waals surface area (Å²) in [6, 6.07) is 0.381. The van der Waals surface area contributed by atoms with Crippen LogP contribution in [0.25, 0.3) is 0 Å². The minimum absolute atomic E-state index is 0.381. The molecule has 1 aromatic heterocycles. The zero-order valence-corrected chi connectivity index (χ0v) is 11.0. The van der Waals surface area contributed by atoms with E-state index in [4.69, 9.17) is 0 Å². The highest BCUT2D eigenvalue weighted by Gasteiger charge is 2.19. The van der Waals surface area contributed by atoms with E-state index in [1.807, 2.05) is 14.0 Å². The van der Waals surface area contributed by atoms with Crippen LogP contribution in [0.2, 0.25) is 0 Å². The molecule has 1 fully saturated rings. The first-order valence-corrected chi connectivity index (χ1v) is 7.30. The van der Waals surface area contributed by atoms with E-state index < -0.39 is 10.8 Å². The molecule has 1 aliphatic heterocycles. The maximum atomic E-state index is 11.3. The van der Waals surface area contributed by atoms with Gasteiger partial charge in [-0.2, -0.15) is 0 Å². The summed E-state index contributed by atoms with van der Waals surface area (Å²) in [5, 5.41) is 6.46. The lowest BCUT2D eigenvalue weighted by Gasteiger charge is -2.24. The van der Waals surface area contributed by atoms with Gasteiger partial charge in [0.2, 0.25) is 0 Å². The van der Waals surface area contributed by atoms with E-state index in [0.717, 1.165) is 41.5 Å². The van der Waals surface area contributed by atoms with Crippen molar-refractivity contribution >= 4 is 22.4 Å². The summed E-state index contributed by atoms with van der Waals surface area (Å²) in [4.78, 5) is 8.41. The van der Waals surface area contributed by atoms with Crippen molar-refractivity contribution in [3.05, 3.63) is 11.9 Å². The van der Waals surface area contributed by atoms with Gasteiger partial charge in [0.1, 0.15) is 18.0 Å². The molecule has 5 nitrogen and oxygen atoms in total. The van der Waals surface area contributed by atoms with Crippen molar-refractivity contribution in [3.63, 3.8) is 0 Å². The van der Waals surface area contributed by atoms with Gasteiger partial charge in [0.25, 0.3) is 0 Å². The third-order valence-electron chi connectivity index (χ3n) is 3.05. The van der Waals surface area contributed by atoms with Gasteiger partial charge in [0.05, 0.1) is 0 Å². The van der Waals surface area contributed by atoms with E-state index in [0.29, 0.717) is 6.04 Å². The Balaban J connectivity index is 2.06. The third kappa shape index (κ3) is 2.94. The van der Waals surface area contributed by atoms with Crippen molar-refractivity contribution in [3.8, 4) is 0 Å². The Hall–Kier alpha value is -1.17. The highest BCUT2D eigenvalue weighted by Crippen LogP contribution is 2.21. The lowest BCUT2D eigenvalue weighted by molar-refractivity contribution is 0.622. The second kappa shape index (κ2) is 5.44. The van der Waals surface area contributed by atoms with Crippen LogP contribution in [0.4, 0.5) is 11.6 Å². The van der Waals surface area contributed by atoms with Crippen LogP contribution in [0.1, 0.15) is 18.4 Å². The normalized spacial score (nSPS) is 24.4. The molecule has 0 aromatic carbocycles. The van der Waals surface area contributed by atoms with Crippen LogP contribution in [0.3, 0.4) is 0 Å². The molecule has 0 atom stereocenters. The number of nitrogens with one attached hydrogen (secondary N) is 2. The molecule has 2 heterocycles. The summed E-state index contributed by atoms with van der Waals surface area (Å²) in [5.41, 5.74) is 1.03. The standard InChI is InChI=1S/C11H18N4OS/c1-8-10(12-2)13-7-14-11(8)15-9-3-5-17(16)6-4-9/h7,9H,3-6H2,1-2H3,(H2,12,13,14,15). The summed E-state index contributed by atoms with van der Waals surface area (Å²) in [5.74, 6) is 3.31. The van der Waals surface area contributed by atoms with E-state index in [1.54, 1.807) is 6.33 Å². The Morgan fingerprint density at radius 2 is 1.94 bits per heavy atom. The van der Waals surface area contributed by atoms with Crippen LogP contribution in [0.5, 0.6) is 0 Å². The summed E-state index contributed by atoms with van der Waals surface area (Å²) < 4.78 is 11.3. The van der Waals surface area contributed by atoms with E-state index >= 15 is 0 Å². The first-order chi connectivity index (χ1) is 8.20. The van der Waals surface area contributed by atoms with E-state index in [2.05, 4.69) is 20.6 Å². The molecule has 0 amide bonds. The Bertz CT molecular complexity index is 414. The zero-order valence-electron chi connectivity index (χ0n) is 10.2. The second-order valence-electron chi connectivity index (χ2n) is 4.21. The second-order valence-corrected chi connectivity index (χ2v) is 5.91. The monoisotopic (exact) mass is 254 g/mol. The number of anilines is 2. The smallest absolute Gasteiger partial charge is 0.134 e. The number of hydrogen-bond acceptors (Lipinski definition) is 5. The average Bonchev–Trinajstić information content (AvgIpc) is 2.35. The van der Waals surface area contributed by atoms with Crippen molar-refractivity contribution in [2.24, 2.45) is 0 Å². The molecule has 0 saturated carbocycles. The molecule has 0 spiro atoms. The fraction of sp³-hybridized carbons (Fsp3) is 0.636. The quantitative estimate of drug-likeness (QED) is 0.847. The molecule has 94 valence electrons. The van der Waals surface area contributed by atoms with E-state index in [9.17, 15) is 4.21 Å². The minimum Gasteiger partial charge on any atom is -0.373 e. The molecule has 0 radical (unpaired) electrons. The number of nitrogens with zero attached hydrogens (tertiary/aromatic N) is 2. The SMILES string of the molecule is CNc1ncnc(NC2CCS(=O)CC2)c1C. The van der Waals surface area contributed by atoms with Crippen LogP contribution in [0.15, 0.2) is 6.33 Å². The van der Waals surface area contributed by atoms with E-state index in [1.165, 1.54) is 0 Å². The molecular weight excluding hydrogens is 236 g/mol. The van der Waals surface area contributed by atoms with Crippen LogP contribution < -0.4 is 10.6 Å². The number of rotatable bonds is 3. The summed E-state index contributed by atoms with van der Waals surface area (Å²) in [6.07, 6.45) is 3.46. The van der Waals surface area contributed by atoms with Crippen molar-refractivity contribution in [1.82, 2.24) is 9.97 Å². The van der Waals surface area contributed by atoms with Gasteiger partial charge >= 0.3 is 0 Å². The molecule has 1 saturated heterocycles. The predicted octanol–water partition coefficient (Wildman–Crippen LogP) is 1.15. The van der Waals surface area contributed by atoms with Crippen molar-refractivity contribution in [2.75, 3.05) is 29.2 Å². The van der Waals surface area contributed by atoms with Gasteiger partial charge in [-0.15, -0.1) is 0 Å². The Morgan fingerprint density at radius 3 is 2.59 bits per heavy atom. The molecule has 0 bridgehead atoms. The van der Waals surface area contributed by atoms with Gasteiger partial charge in [-0.1, -0.05) is 0 Å². The molecule has 1 aliphatic rings. The molecule has 2 rings (SSSR count). The zero-order chi connectivity index (χ0) is 12.3. The Labute approximate surface area is 104 Å². The Kier molecular flexibility index (Phi) is 3.93. The summed E-state index contributed by atoms with van der Waals surface area (Å²) in [6.45, 7) is 2.00.